The van der Waals surface area contributed by atoms with Gasteiger partial charge in [0.2, 0.25) is 11.8 Å². The maximum atomic E-state index is 12.4. The third kappa shape index (κ3) is 4.19. The third-order valence-electron chi connectivity index (χ3n) is 3.84. The molecule has 0 heterocycles. The minimum Gasteiger partial charge on any atom is -0.366 e. The van der Waals surface area contributed by atoms with Crippen LogP contribution in [0.3, 0.4) is 0 Å². The molecule has 5 heteroatoms. The Hall–Kier alpha value is -2.79. The topological polar surface area (TPSA) is 72.2 Å². The lowest BCUT2D eigenvalue weighted by molar-refractivity contribution is -0.115. The highest BCUT2D eigenvalue weighted by molar-refractivity contribution is 8.00. The quantitative estimate of drug-likeness (QED) is 0.682. The Morgan fingerprint density at radius 1 is 0.960 bits per heavy atom. The number of anilines is 1. The monoisotopic (exact) mass is 350 g/mol. The van der Waals surface area contributed by atoms with E-state index in [-0.39, 0.29) is 11.2 Å². The highest BCUT2D eigenvalue weighted by atomic mass is 32.2. The number of rotatable bonds is 5. The largest absolute Gasteiger partial charge is 0.366 e. The van der Waals surface area contributed by atoms with Gasteiger partial charge in [-0.25, -0.2) is 0 Å². The van der Waals surface area contributed by atoms with Crippen LogP contribution in [0.4, 0.5) is 5.69 Å². The maximum Gasteiger partial charge on any atom is 0.248 e. The van der Waals surface area contributed by atoms with E-state index in [4.69, 9.17) is 5.73 Å². The SMILES string of the molecule is C[C@H](Sc1ccc2ccccc2c1)C(=O)Nc1ccc(C(N)=O)cc1. The Morgan fingerprint density at radius 3 is 2.32 bits per heavy atom. The van der Waals surface area contributed by atoms with Gasteiger partial charge < -0.3 is 11.1 Å². The highest BCUT2D eigenvalue weighted by Gasteiger charge is 2.15. The Bertz CT molecular complexity index is 922. The van der Waals surface area contributed by atoms with Crippen LogP contribution in [0.25, 0.3) is 10.8 Å². The van der Waals surface area contributed by atoms with Crippen LogP contribution in [0.5, 0.6) is 0 Å². The summed E-state index contributed by atoms with van der Waals surface area (Å²) in [4.78, 5) is 24.5. The van der Waals surface area contributed by atoms with Crippen LogP contribution in [-0.2, 0) is 4.79 Å². The van der Waals surface area contributed by atoms with Gasteiger partial charge in [0.15, 0.2) is 0 Å². The van der Waals surface area contributed by atoms with Gasteiger partial charge in [-0.05, 0) is 54.1 Å². The maximum absolute atomic E-state index is 12.4. The number of primary amides is 1. The number of thioether (sulfide) groups is 1. The molecule has 0 unspecified atom stereocenters. The zero-order valence-electron chi connectivity index (χ0n) is 13.7. The van der Waals surface area contributed by atoms with Crippen LogP contribution in [0.2, 0.25) is 0 Å². The first kappa shape index (κ1) is 17.0. The lowest BCUT2D eigenvalue weighted by atomic mass is 10.1. The second-order valence-corrected chi connectivity index (χ2v) is 7.11. The molecule has 0 aliphatic rings. The molecule has 0 saturated carbocycles. The van der Waals surface area contributed by atoms with Crippen molar-refractivity contribution < 1.29 is 9.59 Å². The standard InChI is InChI=1S/C20H18N2O2S/c1-13(20(24)22-17-9-6-15(7-10-17)19(21)23)25-18-11-8-14-4-2-3-5-16(14)12-18/h2-13H,1H3,(H2,21,23)(H,22,24)/t13-/m0/s1. The lowest BCUT2D eigenvalue weighted by Gasteiger charge is -2.12. The molecular weight excluding hydrogens is 332 g/mol. The van der Waals surface area contributed by atoms with Gasteiger partial charge in [0.25, 0.3) is 0 Å². The van der Waals surface area contributed by atoms with Crippen LogP contribution in [0.15, 0.2) is 71.6 Å². The molecule has 3 N–H and O–H groups in total. The van der Waals surface area contributed by atoms with E-state index in [2.05, 4.69) is 29.6 Å². The number of amides is 2. The molecule has 25 heavy (non-hydrogen) atoms. The van der Waals surface area contributed by atoms with Crippen LogP contribution >= 0.6 is 11.8 Å². The van der Waals surface area contributed by atoms with Gasteiger partial charge >= 0.3 is 0 Å². The van der Waals surface area contributed by atoms with E-state index >= 15 is 0 Å². The summed E-state index contributed by atoms with van der Waals surface area (Å²) < 4.78 is 0. The van der Waals surface area contributed by atoms with Gasteiger partial charge in [-0.1, -0.05) is 30.3 Å². The van der Waals surface area contributed by atoms with E-state index in [0.29, 0.717) is 11.3 Å². The zero-order chi connectivity index (χ0) is 17.8. The van der Waals surface area contributed by atoms with Crippen LogP contribution in [0.1, 0.15) is 17.3 Å². The highest BCUT2D eigenvalue weighted by Crippen LogP contribution is 2.27. The molecule has 0 aliphatic carbocycles. The van der Waals surface area contributed by atoms with Crippen LogP contribution in [-0.4, -0.2) is 17.1 Å². The van der Waals surface area contributed by atoms with Crippen molar-refractivity contribution in [2.75, 3.05) is 5.32 Å². The summed E-state index contributed by atoms with van der Waals surface area (Å²) in [6, 6.07) is 20.8. The summed E-state index contributed by atoms with van der Waals surface area (Å²) in [5, 5.41) is 4.93. The van der Waals surface area contributed by atoms with Crippen molar-refractivity contribution in [1.82, 2.24) is 0 Å². The van der Waals surface area contributed by atoms with Crippen molar-refractivity contribution in [3.63, 3.8) is 0 Å². The van der Waals surface area contributed by atoms with Crippen molar-refractivity contribution >= 4 is 40.0 Å². The molecule has 0 saturated heterocycles. The normalized spacial score (nSPS) is 11.9. The molecule has 4 nitrogen and oxygen atoms in total. The molecule has 0 aliphatic heterocycles. The Morgan fingerprint density at radius 2 is 1.64 bits per heavy atom. The minimum atomic E-state index is -0.488. The predicted octanol–water partition coefficient (Wildman–Crippen LogP) is 4.06. The number of carbonyl (C=O) groups is 2. The first-order valence-corrected chi connectivity index (χ1v) is 8.77. The second kappa shape index (κ2) is 7.40. The van der Waals surface area contributed by atoms with E-state index in [1.165, 1.54) is 17.1 Å². The molecular formula is C20H18N2O2S. The van der Waals surface area contributed by atoms with Crippen molar-refractivity contribution in [2.24, 2.45) is 5.73 Å². The number of hydrogen-bond donors (Lipinski definition) is 2. The molecule has 0 spiro atoms. The smallest absolute Gasteiger partial charge is 0.248 e. The molecule has 0 bridgehead atoms. The van der Waals surface area contributed by atoms with E-state index in [1.54, 1.807) is 24.3 Å². The molecule has 0 radical (unpaired) electrons. The lowest BCUT2D eigenvalue weighted by Crippen LogP contribution is -2.22. The first-order valence-electron chi connectivity index (χ1n) is 7.89. The summed E-state index contributed by atoms with van der Waals surface area (Å²) in [6.07, 6.45) is 0. The number of nitrogens with one attached hydrogen (secondary N) is 1. The Kier molecular flexibility index (Phi) is 5.05. The third-order valence-corrected chi connectivity index (χ3v) is 4.93. The summed E-state index contributed by atoms with van der Waals surface area (Å²) in [7, 11) is 0. The van der Waals surface area contributed by atoms with Gasteiger partial charge in [0.05, 0.1) is 5.25 Å². The van der Waals surface area contributed by atoms with Crippen molar-refractivity contribution in [1.29, 1.82) is 0 Å². The van der Waals surface area contributed by atoms with Crippen molar-refractivity contribution in [3.8, 4) is 0 Å². The Balaban J connectivity index is 1.66. The second-order valence-electron chi connectivity index (χ2n) is 5.70. The average Bonchev–Trinajstić information content (AvgIpc) is 2.62. The number of carbonyl (C=O) groups excluding carboxylic acids is 2. The molecule has 3 rings (SSSR count). The van der Waals surface area contributed by atoms with E-state index in [9.17, 15) is 9.59 Å². The van der Waals surface area contributed by atoms with Crippen molar-refractivity contribution in [3.05, 3.63) is 72.3 Å². The summed E-state index contributed by atoms with van der Waals surface area (Å²) in [5.74, 6) is -0.580. The van der Waals surface area contributed by atoms with E-state index in [0.717, 1.165) is 10.3 Å². The van der Waals surface area contributed by atoms with E-state index < -0.39 is 5.91 Å². The number of benzene rings is 3. The molecule has 0 fully saturated rings. The van der Waals surface area contributed by atoms with Gasteiger partial charge in [-0.2, -0.15) is 0 Å². The molecule has 3 aromatic carbocycles. The average molecular weight is 350 g/mol. The zero-order valence-corrected chi connectivity index (χ0v) is 14.5. The van der Waals surface area contributed by atoms with Gasteiger partial charge in [-0.3, -0.25) is 9.59 Å². The predicted molar refractivity (Wildman–Crippen MR) is 103 cm³/mol. The van der Waals surface area contributed by atoms with Gasteiger partial charge in [0, 0.05) is 16.1 Å². The number of fused-ring (bicyclic) bond motifs is 1. The van der Waals surface area contributed by atoms with Gasteiger partial charge in [0.1, 0.15) is 0 Å². The molecule has 0 aromatic heterocycles. The van der Waals surface area contributed by atoms with Crippen LogP contribution < -0.4 is 11.1 Å². The first-order chi connectivity index (χ1) is 12.0. The molecule has 126 valence electrons. The minimum absolute atomic E-state index is 0.0926. The van der Waals surface area contributed by atoms with Gasteiger partial charge in [-0.15, -0.1) is 11.8 Å². The van der Waals surface area contributed by atoms with Crippen LogP contribution in [0, 0.1) is 0 Å². The fourth-order valence-electron chi connectivity index (χ4n) is 2.46. The summed E-state index contributed by atoms with van der Waals surface area (Å²) in [6.45, 7) is 1.87. The number of hydrogen-bond acceptors (Lipinski definition) is 3. The summed E-state index contributed by atoms with van der Waals surface area (Å²) >= 11 is 1.51. The molecule has 2 amide bonds. The van der Waals surface area contributed by atoms with E-state index in [1.807, 2.05) is 25.1 Å². The molecule has 1 atom stereocenters. The molecule has 3 aromatic rings. The fourth-order valence-corrected chi connectivity index (χ4v) is 3.38. The Labute approximate surface area is 150 Å². The van der Waals surface area contributed by atoms with Crippen molar-refractivity contribution in [2.45, 2.75) is 17.1 Å². The summed E-state index contributed by atoms with van der Waals surface area (Å²) in [5.41, 5.74) is 6.26. The fraction of sp³-hybridized carbons (Fsp3) is 0.100. The number of nitrogens with two attached hydrogens (primary N) is 1.